The fourth-order valence-electron chi connectivity index (χ4n) is 2.96. The normalized spacial score (nSPS) is 24.9. The number of rotatable bonds is 5. The lowest BCUT2D eigenvalue weighted by atomic mass is 9.97. The summed E-state index contributed by atoms with van der Waals surface area (Å²) in [5, 5.41) is 6.52. The third-order valence-corrected chi connectivity index (χ3v) is 4.63. The second-order valence-corrected chi connectivity index (χ2v) is 6.29. The van der Waals surface area contributed by atoms with Crippen molar-refractivity contribution in [2.24, 2.45) is 11.8 Å². The Morgan fingerprint density at radius 3 is 2.76 bits per heavy atom. The van der Waals surface area contributed by atoms with Gasteiger partial charge in [-0.05, 0) is 44.1 Å². The van der Waals surface area contributed by atoms with Crippen LogP contribution in [0.3, 0.4) is 0 Å². The molecule has 1 aromatic heterocycles. The summed E-state index contributed by atoms with van der Waals surface area (Å²) in [6, 6.07) is 2.23. The van der Waals surface area contributed by atoms with Crippen molar-refractivity contribution in [1.82, 2.24) is 10.3 Å². The average molecular weight is 289 g/mol. The highest BCUT2D eigenvalue weighted by molar-refractivity contribution is 5.99. The van der Waals surface area contributed by atoms with Crippen LogP contribution in [0, 0.1) is 18.8 Å². The van der Waals surface area contributed by atoms with E-state index < -0.39 is 0 Å². The first-order valence-corrected chi connectivity index (χ1v) is 8.04. The Balaban J connectivity index is 2.11. The monoisotopic (exact) mass is 289 g/mol. The second-order valence-electron chi connectivity index (χ2n) is 6.29. The minimum atomic E-state index is -0.00736. The van der Waals surface area contributed by atoms with E-state index in [0.29, 0.717) is 17.4 Å². The van der Waals surface area contributed by atoms with Crippen LogP contribution in [0.5, 0.6) is 0 Å². The Hall–Kier alpha value is -1.58. The van der Waals surface area contributed by atoms with E-state index in [1.165, 1.54) is 6.42 Å². The molecule has 2 N–H and O–H groups in total. The van der Waals surface area contributed by atoms with Gasteiger partial charge in [-0.25, -0.2) is 0 Å². The summed E-state index contributed by atoms with van der Waals surface area (Å²) in [4.78, 5) is 16.8. The van der Waals surface area contributed by atoms with Gasteiger partial charge in [0.05, 0.1) is 11.3 Å². The van der Waals surface area contributed by atoms with Gasteiger partial charge in [0, 0.05) is 24.5 Å². The van der Waals surface area contributed by atoms with Crippen molar-refractivity contribution < 1.29 is 4.79 Å². The number of amides is 1. The van der Waals surface area contributed by atoms with Crippen molar-refractivity contribution in [2.75, 3.05) is 11.9 Å². The Morgan fingerprint density at radius 2 is 2.14 bits per heavy atom. The van der Waals surface area contributed by atoms with Crippen LogP contribution < -0.4 is 10.6 Å². The van der Waals surface area contributed by atoms with Gasteiger partial charge < -0.3 is 10.6 Å². The summed E-state index contributed by atoms with van der Waals surface area (Å²) in [5.74, 6) is 1.22. The van der Waals surface area contributed by atoms with Crippen LogP contribution in [0.15, 0.2) is 12.3 Å². The molecule has 1 saturated carbocycles. The summed E-state index contributed by atoms with van der Waals surface area (Å²) in [5.41, 5.74) is 2.47. The van der Waals surface area contributed by atoms with Crippen LogP contribution in [0.25, 0.3) is 0 Å². The van der Waals surface area contributed by atoms with Crippen LogP contribution in [0.1, 0.15) is 56.1 Å². The van der Waals surface area contributed by atoms with E-state index in [-0.39, 0.29) is 11.9 Å². The average Bonchev–Trinajstić information content (AvgIpc) is 2.77. The van der Waals surface area contributed by atoms with Crippen molar-refractivity contribution in [3.63, 3.8) is 0 Å². The molecule has 3 unspecified atom stereocenters. The zero-order valence-electron chi connectivity index (χ0n) is 13.6. The first kappa shape index (κ1) is 15.8. The number of nitrogens with zero attached hydrogens (tertiary/aromatic N) is 1. The SMILES string of the molecule is CCCNc1cc(C)ncc1C(=O)NC1CCC(C)C1C. The first-order valence-electron chi connectivity index (χ1n) is 8.04. The highest BCUT2D eigenvalue weighted by atomic mass is 16.1. The number of aryl methyl sites for hydroxylation is 1. The van der Waals surface area contributed by atoms with Gasteiger partial charge >= 0.3 is 0 Å². The largest absolute Gasteiger partial charge is 0.384 e. The van der Waals surface area contributed by atoms with Crippen molar-refractivity contribution in [2.45, 2.75) is 53.0 Å². The molecule has 116 valence electrons. The van der Waals surface area contributed by atoms with Crippen LogP contribution >= 0.6 is 0 Å². The zero-order chi connectivity index (χ0) is 15.4. The van der Waals surface area contributed by atoms with E-state index in [1.54, 1.807) is 6.20 Å². The maximum atomic E-state index is 12.6. The second kappa shape index (κ2) is 6.92. The molecule has 4 heteroatoms. The highest BCUT2D eigenvalue weighted by Crippen LogP contribution is 2.31. The van der Waals surface area contributed by atoms with E-state index in [2.05, 4.69) is 36.4 Å². The fourth-order valence-corrected chi connectivity index (χ4v) is 2.96. The molecular formula is C17H27N3O. The summed E-state index contributed by atoms with van der Waals surface area (Å²) in [7, 11) is 0. The van der Waals surface area contributed by atoms with Gasteiger partial charge in [0.2, 0.25) is 0 Å². The third-order valence-electron chi connectivity index (χ3n) is 4.63. The molecule has 0 aromatic carbocycles. The maximum Gasteiger partial charge on any atom is 0.255 e. The first-order chi connectivity index (χ1) is 10.0. The Morgan fingerprint density at radius 1 is 1.38 bits per heavy atom. The molecule has 21 heavy (non-hydrogen) atoms. The molecule has 4 nitrogen and oxygen atoms in total. The summed E-state index contributed by atoms with van der Waals surface area (Å²) in [6.07, 6.45) is 4.98. The van der Waals surface area contributed by atoms with Crippen molar-refractivity contribution >= 4 is 11.6 Å². The van der Waals surface area contributed by atoms with Crippen LogP contribution in [-0.2, 0) is 0 Å². The lowest BCUT2D eigenvalue weighted by Crippen LogP contribution is -2.37. The number of carbonyl (C=O) groups is 1. The summed E-state index contributed by atoms with van der Waals surface area (Å²) < 4.78 is 0. The number of hydrogen-bond acceptors (Lipinski definition) is 3. The van der Waals surface area contributed by atoms with Gasteiger partial charge in [-0.3, -0.25) is 9.78 Å². The molecule has 3 atom stereocenters. The van der Waals surface area contributed by atoms with Crippen molar-refractivity contribution in [1.29, 1.82) is 0 Å². The molecule has 0 saturated heterocycles. The Labute approximate surface area is 127 Å². The predicted molar refractivity (Wildman–Crippen MR) is 86.6 cm³/mol. The molecule has 1 aliphatic carbocycles. The number of carbonyl (C=O) groups excluding carboxylic acids is 1. The number of pyridine rings is 1. The molecule has 1 heterocycles. The number of hydrogen-bond donors (Lipinski definition) is 2. The standard InChI is InChI=1S/C17H27N3O/c1-5-8-18-16-9-12(3)19-10-14(16)17(21)20-15-7-6-11(2)13(15)4/h9-11,13,15H,5-8H2,1-4H3,(H,18,19)(H,20,21). The molecule has 1 aliphatic rings. The van der Waals surface area contributed by atoms with Crippen LogP contribution in [-0.4, -0.2) is 23.5 Å². The van der Waals surface area contributed by atoms with Gasteiger partial charge in [0.25, 0.3) is 5.91 Å². The lowest BCUT2D eigenvalue weighted by molar-refractivity contribution is 0.0928. The topological polar surface area (TPSA) is 54.0 Å². The minimum absolute atomic E-state index is 0.00736. The van der Waals surface area contributed by atoms with Crippen LogP contribution in [0.2, 0.25) is 0 Å². The van der Waals surface area contributed by atoms with Gasteiger partial charge in [0.15, 0.2) is 0 Å². The van der Waals surface area contributed by atoms with E-state index in [9.17, 15) is 4.79 Å². The molecule has 1 fully saturated rings. The molecule has 0 bridgehead atoms. The van der Waals surface area contributed by atoms with Gasteiger partial charge in [0.1, 0.15) is 0 Å². The van der Waals surface area contributed by atoms with E-state index in [0.717, 1.165) is 30.8 Å². The molecular weight excluding hydrogens is 262 g/mol. The number of aromatic nitrogens is 1. The number of anilines is 1. The van der Waals surface area contributed by atoms with Gasteiger partial charge in [-0.2, -0.15) is 0 Å². The highest BCUT2D eigenvalue weighted by Gasteiger charge is 2.31. The molecule has 1 aromatic rings. The summed E-state index contributed by atoms with van der Waals surface area (Å²) in [6.45, 7) is 9.41. The van der Waals surface area contributed by atoms with Crippen molar-refractivity contribution in [3.8, 4) is 0 Å². The predicted octanol–water partition coefficient (Wildman–Crippen LogP) is 3.38. The molecule has 2 rings (SSSR count). The molecule has 0 aliphatic heterocycles. The molecule has 0 spiro atoms. The quantitative estimate of drug-likeness (QED) is 0.873. The zero-order valence-corrected chi connectivity index (χ0v) is 13.6. The third kappa shape index (κ3) is 3.74. The number of nitrogens with one attached hydrogen (secondary N) is 2. The smallest absolute Gasteiger partial charge is 0.255 e. The van der Waals surface area contributed by atoms with Crippen LogP contribution in [0.4, 0.5) is 5.69 Å². The fraction of sp³-hybridized carbons (Fsp3) is 0.647. The molecule has 0 radical (unpaired) electrons. The van der Waals surface area contributed by atoms with Gasteiger partial charge in [-0.15, -0.1) is 0 Å². The molecule has 1 amide bonds. The summed E-state index contributed by atoms with van der Waals surface area (Å²) >= 11 is 0. The van der Waals surface area contributed by atoms with E-state index in [4.69, 9.17) is 0 Å². The lowest BCUT2D eigenvalue weighted by Gasteiger charge is -2.20. The van der Waals surface area contributed by atoms with Gasteiger partial charge in [-0.1, -0.05) is 20.8 Å². The Kier molecular flexibility index (Phi) is 5.21. The minimum Gasteiger partial charge on any atom is -0.384 e. The van der Waals surface area contributed by atoms with E-state index in [1.807, 2.05) is 13.0 Å². The maximum absolute atomic E-state index is 12.6. The van der Waals surface area contributed by atoms with Crippen molar-refractivity contribution in [3.05, 3.63) is 23.5 Å². The Bertz CT molecular complexity index is 501. The van der Waals surface area contributed by atoms with E-state index >= 15 is 0 Å².